The standard InChI is InChI=1S/C19H20ClN3O4/c1-25-15-8-11(9-16(26-2)18(15)27-3)22-6-7-23-13-4-5-17(20)21-12(13)10-14(23)19(22)24/h4-5,8-10,19,24H,6-7H2,1-3H3. The van der Waals surface area contributed by atoms with E-state index in [0.29, 0.717) is 35.5 Å². The molecule has 0 bridgehead atoms. The Morgan fingerprint density at radius 3 is 2.37 bits per heavy atom. The lowest BCUT2D eigenvalue weighted by Crippen LogP contribution is -2.37. The van der Waals surface area contributed by atoms with Crippen LogP contribution in [-0.2, 0) is 6.54 Å². The predicted octanol–water partition coefficient (Wildman–Crippen LogP) is 3.23. The Kier molecular flexibility index (Phi) is 4.49. The van der Waals surface area contributed by atoms with E-state index in [0.717, 1.165) is 22.4 Å². The van der Waals surface area contributed by atoms with Crippen LogP contribution in [0.3, 0.4) is 0 Å². The van der Waals surface area contributed by atoms with E-state index in [1.165, 1.54) is 0 Å². The molecule has 3 heterocycles. The minimum Gasteiger partial charge on any atom is -0.493 e. The van der Waals surface area contributed by atoms with Crippen LogP contribution in [0.2, 0.25) is 5.15 Å². The summed E-state index contributed by atoms with van der Waals surface area (Å²) in [6, 6.07) is 9.22. The lowest BCUT2D eigenvalue weighted by Gasteiger charge is -2.36. The number of hydrogen-bond acceptors (Lipinski definition) is 6. The van der Waals surface area contributed by atoms with Crippen LogP contribution in [0.1, 0.15) is 11.9 Å². The average Bonchev–Trinajstić information content (AvgIpc) is 3.05. The normalized spacial score (nSPS) is 16.3. The van der Waals surface area contributed by atoms with Gasteiger partial charge in [-0.15, -0.1) is 0 Å². The molecule has 4 rings (SSSR count). The Hall–Kier alpha value is -2.64. The highest BCUT2D eigenvalue weighted by Crippen LogP contribution is 2.43. The van der Waals surface area contributed by atoms with Gasteiger partial charge in [0.1, 0.15) is 5.15 Å². The van der Waals surface area contributed by atoms with E-state index in [-0.39, 0.29) is 0 Å². The lowest BCUT2D eigenvalue weighted by molar-refractivity contribution is 0.149. The van der Waals surface area contributed by atoms with Crippen molar-refractivity contribution in [3.8, 4) is 17.2 Å². The third-order valence-corrected chi connectivity index (χ3v) is 5.07. The van der Waals surface area contributed by atoms with Gasteiger partial charge in [0.15, 0.2) is 17.7 Å². The summed E-state index contributed by atoms with van der Waals surface area (Å²) < 4.78 is 18.3. The number of fused-ring (bicyclic) bond motifs is 3. The molecule has 0 saturated carbocycles. The van der Waals surface area contributed by atoms with E-state index in [4.69, 9.17) is 25.8 Å². The fourth-order valence-corrected chi connectivity index (χ4v) is 3.74. The average molecular weight is 390 g/mol. The smallest absolute Gasteiger partial charge is 0.203 e. The van der Waals surface area contributed by atoms with E-state index in [2.05, 4.69) is 9.55 Å². The molecule has 1 aliphatic heterocycles. The van der Waals surface area contributed by atoms with E-state index < -0.39 is 6.23 Å². The van der Waals surface area contributed by atoms with Gasteiger partial charge in [0.05, 0.1) is 38.1 Å². The number of hydrogen-bond donors (Lipinski definition) is 1. The molecule has 27 heavy (non-hydrogen) atoms. The first kappa shape index (κ1) is 17.8. The maximum atomic E-state index is 11.0. The van der Waals surface area contributed by atoms with Gasteiger partial charge in [0.2, 0.25) is 5.75 Å². The van der Waals surface area contributed by atoms with Crippen LogP contribution in [0.15, 0.2) is 30.3 Å². The predicted molar refractivity (Wildman–Crippen MR) is 103 cm³/mol. The van der Waals surface area contributed by atoms with Gasteiger partial charge in [-0.25, -0.2) is 4.98 Å². The van der Waals surface area contributed by atoms with Crippen molar-refractivity contribution < 1.29 is 19.3 Å². The van der Waals surface area contributed by atoms with Gasteiger partial charge in [-0.3, -0.25) is 0 Å². The van der Waals surface area contributed by atoms with Crippen molar-refractivity contribution in [2.45, 2.75) is 12.8 Å². The molecular formula is C19H20ClN3O4. The van der Waals surface area contributed by atoms with Gasteiger partial charge in [-0.05, 0) is 18.2 Å². The number of aliphatic hydroxyl groups is 1. The van der Waals surface area contributed by atoms with Crippen LogP contribution in [-0.4, -0.2) is 42.5 Å². The topological polar surface area (TPSA) is 69.0 Å². The van der Waals surface area contributed by atoms with Gasteiger partial charge >= 0.3 is 0 Å². The van der Waals surface area contributed by atoms with Crippen molar-refractivity contribution in [2.24, 2.45) is 0 Å². The van der Waals surface area contributed by atoms with Crippen molar-refractivity contribution in [2.75, 3.05) is 32.8 Å². The Labute approximate surface area is 161 Å². The molecule has 1 N–H and O–H groups in total. The maximum absolute atomic E-state index is 11.0. The first-order valence-corrected chi connectivity index (χ1v) is 8.85. The number of nitrogens with zero attached hydrogens (tertiary/aromatic N) is 3. The molecule has 1 aromatic carbocycles. The first-order valence-electron chi connectivity index (χ1n) is 8.47. The molecule has 3 aromatic rings. The number of aliphatic hydroxyl groups excluding tert-OH is 1. The molecule has 8 heteroatoms. The molecule has 0 saturated heterocycles. The fraction of sp³-hybridized carbons (Fsp3) is 0.316. The van der Waals surface area contributed by atoms with Crippen LogP contribution >= 0.6 is 11.6 Å². The third kappa shape index (κ3) is 2.83. The number of ether oxygens (including phenoxy) is 3. The van der Waals surface area contributed by atoms with Gasteiger partial charge in [0.25, 0.3) is 0 Å². The zero-order valence-electron chi connectivity index (χ0n) is 15.3. The minimum absolute atomic E-state index is 0.432. The van der Waals surface area contributed by atoms with Crippen molar-refractivity contribution >= 4 is 28.3 Å². The van der Waals surface area contributed by atoms with Crippen molar-refractivity contribution in [3.63, 3.8) is 0 Å². The summed E-state index contributed by atoms with van der Waals surface area (Å²) in [6.07, 6.45) is -0.838. The second-order valence-corrected chi connectivity index (χ2v) is 6.60. The molecule has 0 radical (unpaired) electrons. The Balaban J connectivity index is 1.78. The van der Waals surface area contributed by atoms with E-state index in [1.54, 1.807) is 27.4 Å². The summed E-state index contributed by atoms with van der Waals surface area (Å²) in [5, 5.41) is 11.5. The summed E-state index contributed by atoms with van der Waals surface area (Å²) in [7, 11) is 4.70. The van der Waals surface area contributed by atoms with E-state index in [9.17, 15) is 5.11 Å². The van der Waals surface area contributed by atoms with E-state index >= 15 is 0 Å². The molecule has 0 fully saturated rings. The number of rotatable bonds is 4. The van der Waals surface area contributed by atoms with Crippen LogP contribution < -0.4 is 19.1 Å². The zero-order valence-corrected chi connectivity index (χ0v) is 16.0. The van der Waals surface area contributed by atoms with Crippen LogP contribution in [0.4, 0.5) is 5.69 Å². The number of anilines is 1. The molecule has 0 amide bonds. The monoisotopic (exact) mass is 389 g/mol. The van der Waals surface area contributed by atoms with Crippen LogP contribution in [0.5, 0.6) is 17.2 Å². The molecule has 1 atom stereocenters. The Morgan fingerprint density at radius 2 is 1.74 bits per heavy atom. The van der Waals surface area contributed by atoms with Gasteiger partial charge in [0, 0.05) is 30.9 Å². The van der Waals surface area contributed by atoms with Crippen molar-refractivity contribution in [1.82, 2.24) is 9.55 Å². The van der Waals surface area contributed by atoms with Gasteiger partial charge < -0.3 is 28.8 Å². The quantitative estimate of drug-likeness (QED) is 0.691. The largest absolute Gasteiger partial charge is 0.493 e. The third-order valence-electron chi connectivity index (χ3n) is 4.86. The minimum atomic E-state index is -0.838. The van der Waals surface area contributed by atoms with Gasteiger partial charge in [-0.1, -0.05) is 11.6 Å². The number of benzene rings is 1. The summed E-state index contributed by atoms with van der Waals surface area (Å²) in [6.45, 7) is 1.31. The molecule has 7 nitrogen and oxygen atoms in total. The molecule has 0 spiro atoms. The van der Waals surface area contributed by atoms with E-state index in [1.807, 2.05) is 29.2 Å². The number of aromatic nitrogens is 2. The van der Waals surface area contributed by atoms with Gasteiger partial charge in [-0.2, -0.15) is 0 Å². The number of methoxy groups -OCH3 is 3. The highest BCUT2D eigenvalue weighted by Gasteiger charge is 2.29. The Morgan fingerprint density at radius 1 is 1.04 bits per heavy atom. The molecule has 2 aromatic heterocycles. The molecule has 1 unspecified atom stereocenters. The molecular weight excluding hydrogens is 370 g/mol. The SMILES string of the molecule is COc1cc(N2CCn3c(cc4nc(Cl)ccc43)C2O)cc(OC)c1OC. The molecule has 1 aliphatic rings. The van der Waals surface area contributed by atoms with Crippen molar-refractivity contribution in [3.05, 3.63) is 41.2 Å². The van der Waals surface area contributed by atoms with Crippen molar-refractivity contribution in [1.29, 1.82) is 0 Å². The zero-order chi connectivity index (χ0) is 19.1. The highest BCUT2D eigenvalue weighted by molar-refractivity contribution is 6.29. The van der Waals surface area contributed by atoms with Crippen LogP contribution in [0.25, 0.3) is 11.0 Å². The maximum Gasteiger partial charge on any atom is 0.203 e. The highest BCUT2D eigenvalue weighted by atomic mass is 35.5. The second-order valence-electron chi connectivity index (χ2n) is 6.21. The Bertz CT molecular complexity index is 979. The first-order chi connectivity index (χ1) is 13.1. The second kappa shape index (κ2) is 6.83. The molecule has 142 valence electrons. The fourth-order valence-electron chi connectivity index (χ4n) is 3.59. The summed E-state index contributed by atoms with van der Waals surface area (Å²) in [4.78, 5) is 6.24. The molecule has 0 aliphatic carbocycles. The summed E-state index contributed by atoms with van der Waals surface area (Å²) >= 11 is 6.01. The summed E-state index contributed by atoms with van der Waals surface area (Å²) in [5.41, 5.74) is 3.26. The van der Waals surface area contributed by atoms with Crippen LogP contribution in [0, 0.1) is 0 Å². The number of halogens is 1. The number of pyridine rings is 1. The summed E-state index contributed by atoms with van der Waals surface area (Å²) in [5.74, 6) is 1.60. The lowest BCUT2D eigenvalue weighted by atomic mass is 10.2.